The van der Waals surface area contributed by atoms with Crippen LogP contribution in [-0.4, -0.2) is 49.5 Å². The van der Waals surface area contributed by atoms with Crippen molar-refractivity contribution in [3.05, 3.63) is 22.8 Å². The SMILES string of the molecule is CNc1ncc(C(=O)NC(C)CN(C)C)cc1Cl. The monoisotopic (exact) mass is 270 g/mol. The molecule has 0 aliphatic rings. The van der Waals surface area contributed by atoms with Crippen LogP contribution in [0.1, 0.15) is 17.3 Å². The second-order valence-electron chi connectivity index (χ2n) is 4.44. The Bertz CT molecular complexity index is 423. The van der Waals surface area contributed by atoms with Gasteiger partial charge in [0, 0.05) is 25.8 Å². The molecule has 0 spiro atoms. The van der Waals surface area contributed by atoms with Crippen molar-refractivity contribution in [2.24, 2.45) is 0 Å². The number of hydrogen-bond acceptors (Lipinski definition) is 4. The van der Waals surface area contributed by atoms with Gasteiger partial charge >= 0.3 is 0 Å². The second-order valence-corrected chi connectivity index (χ2v) is 4.85. The molecule has 18 heavy (non-hydrogen) atoms. The van der Waals surface area contributed by atoms with E-state index in [2.05, 4.69) is 15.6 Å². The summed E-state index contributed by atoms with van der Waals surface area (Å²) >= 11 is 5.98. The van der Waals surface area contributed by atoms with Crippen LogP contribution in [0.4, 0.5) is 5.82 Å². The lowest BCUT2D eigenvalue weighted by Gasteiger charge is -2.18. The van der Waals surface area contributed by atoms with Crippen LogP contribution in [0.15, 0.2) is 12.3 Å². The van der Waals surface area contributed by atoms with Crippen molar-refractivity contribution in [3.8, 4) is 0 Å². The molecule has 1 rings (SSSR count). The minimum Gasteiger partial charge on any atom is -0.372 e. The maximum atomic E-state index is 11.9. The average Bonchev–Trinajstić information content (AvgIpc) is 2.27. The van der Waals surface area contributed by atoms with E-state index in [4.69, 9.17) is 11.6 Å². The fraction of sp³-hybridized carbons (Fsp3) is 0.500. The third-order valence-corrected chi connectivity index (χ3v) is 2.64. The molecule has 0 aliphatic heterocycles. The maximum Gasteiger partial charge on any atom is 0.253 e. The van der Waals surface area contributed by atoms with Crippen LogP contribution < -0.4 is 10.6 Å². The van der Waals surface area contributed by atoms with Crippen LogP contribution >= 0.6 is 11.6 Å². The van der Waals surface area contributed by atoms with Crippen molar-refractivity contribution in [1.29, 1.82) is 0 Å². The summed E-state index contributed by atoms with van der Waals surface area (Å²) < 4.78 is 0. The Labute approximate surface area is 113 Å². The van der Waals surface area contributed by atoms with E-state index >= 15 is 0 Å². The van der Waals surface area contributed by atoms with Crippen molar-refractivity contribution in [2.45, 2.75) is 13.0 Å². The van der Waals surface area contributed by atoms with Gasteiger partial charge in [-0.1, -0.05) is 11.6 Å². The summed E-state index contributed by atoms with van der Waals surface area (Å²) in [5.74, 6) is 0.399. The van der Waals surface area contributed by atoms with Crippen molar-refractivity contribution >= 4 is 23.3 Å². The molecule has 1 heterocycles. The molecule has 0 aliphatic carbocycles. The number of carbonyl (C=O) groups is 1. The Balaban J connectivity index is 2.70. The van der Waals surface area contributed by atoms with Gasteiger partial charge in [-0.15, -0.1) is 0 Å². The summed E-state index contributed by atoms with van der Waals surface area (Å²) in [6.45, 7) is 2.73. The van der Waals surface area contributed by atoms with Crippen LogP contribution in [-0.2, 0) is 0 Å². The molecule has 0 saturated carbocycles. The zero-order valence-electron chi connectivity index (χ0n) is 11.1. The fourth-order valence-electron chi connectivity index (χ4n) is 1.65. The fourth-order valence-corrected chi connectivity index (χ4v) is 1.91. The van der Waals surface area contributed by atoms with Gasteiger partial charge in [0.25, 0.3) is 5.91 Å². The number of aromatic nitrogens is 1. The normalized spacial score (nSPS) is 12.3. The van der Waals surface area contributed by atoms with Crippen LogP contribution in [0.2, 0.25) is 5.02 Å². The molecular weight excluding hydrogens is 252 g/mol. The summed E-state index contributed by atoms with van der Waals surface area (Å²) in [4.78, 5) is 18.0. The third-order valence-electron chi connectivity index (χ3n) is 2.36. The summed E-state index contributed by atoms with van der Waals surface area (Å²) in [6, 6.07) is 1.67. The van der Waals surface area contributed by atoms with E-state index in [1.165, 1.54) is 6.20 Å². The lowest BCUT2D eigenvalue weighted by molar-refractivity contribution is 0.0934. The second kappa shape index (κ2) is 6.56. The van der Waals surface area contributed by atoms with Gasteiger partial charge in [0.1, 0.15) is 5.82 Å². The highest BCUT2D eigenvalue weighted by molar-refractivity contribution is 6.33. The average molecular weight is 271 g/mol. The Morgan fingerprint density at radius 1 is 1.56 bits per heavy atom. The van der Waals surface area contributed by atoms with Crippen LogP contribution in [0, 0.1) is 0 Å². The van der Waals surface area contributed by atoms with Gasteiger partial charge in [0.05, 0.1) is 10.6 Å². The largest absolute Gasteiger partial charge is 0.372 e. The number of halogens is 1. The first-order valence-electron chi connectivity index (χ1n) is 5.73. The number of anilines is 1. The molecule has 2 N–H and O–H groups in total. The number of pyridine rings is 1. The summed E-state index contributed by atoms with van der Waals surface area (Å²) in [5.41, 5.74) is 0.463. The van der Waals surface area contributed by atoms with Crippen molar-refractivity contribution < 1.29 is 4.79 Å². The zero-order valence-corrected chi connectivity index (χ0v) is 11.9. The highest BCUT2D eigenvalue weighted by Gasteiger charge is 2.12. The smallest absolute Gasteiger partial charge is 0.253 e. The number of rotatable bonds is 5. The van der Waals surface area contributed by atoms with E-state index in [0.717, 1.165) is 6.54 Å². The number of nitrogens with zero attached hydrogens (tertiary/aromatic N) is 2. The molecule has 0 radical (unpaired) electrons. The lowest BCUT2D eigenvalue weighted by Crippen LogP contribution is -2.39. The highest BCUT2D eigenvalue weighted by Crippen LogP contribution is 2.19. The molecule has 0 fully saturated rings. The van der Waals surface area contributed by atoms with E-state index < -0.39 is 0 Å². The van der Waals surface area contributed by atoms with E-state index in [0.29, 0.717) is 16.4 Å². The predicted octanol–water partition coefficient (Wildman–Crippen LogP) is 1.46. The first-order valence-corrected chi connectivity index (χ1v) is 6.10. The third kappa shape index (κ3) is 4.16. The van der Waals surface area contributed by atoms with E-state index in [-0.39, 0.29) is 11.9 Å². The Morgan fingerprint density at radius 2 is 2.22 bits per heavy atom. The number of nitrogens with one attached hydrogen (secondary N) is 2. The molecule has 6 heteroatoms. The Kier molecular flexibility index (Phi) is 5.37. The number of carbonyl (C=O) groups excluding carboxylic acids is 1. The molecule has 100 valence electrons. The minimum absolute atomic E-state index is 0.0650. The van der Waals surface area contributed by atoms with Crippen LogP contribution in [0.3, 0.4) is 0 Å². The van der Waals surface area contributed by atoms with Crippen LogP contribution in [0.5, 0.6) is 0 Å². The topological polar surface area (TPSA) is 57.3 Å². The maximum absolute atomic E-state index is 11.9. The van der Waals surface area contributed by atoms with Crippen molar-refractivity contribution in [3.63, 3.8) is 0 Å². The lowest BCUT2D eigenvalue weighted by atomic mass is 10.2. The molecule has 1 amide bonds. The van der Waals surface area contributed by atoms with Crippen LogP contribution in [0.25, 0.3) is 0 Å². The number of likely N-dealkylation sites (N-methyl/N-ethyl adjacent to an activating group) is 1. The zero-order chi connectivity index (χ0) is 13.7. The van der Waals surface area contributed by atoms with Crippen molar-refractivity contribution in [1.82, 2.24) is 15.2 Å². The van der Waals surface area contributed by atoms with Gasteiger partial charge in [0.15, 0.2) is 0 Å². The molecule has 1 aromatic rings. The van der Waals surface area contributed by atoms with Gasteiger partial charge in [-0.2, -0.15) is 0 Å². The van der Waals surface area contributed by atoms with Crippen molar-refractivity contribution in [2.75, 3.05) is 33.0 Å². The quantitative estimate of drug-likeness (QED) is 0.851. The Hall–Kier alpha value is -1.33. The van der Waals surface area contributed by atoms with Gasteiger partial charge in [-0.25, -0.2) is 4.98 Å². The molecule has 1 aromatic heterocycles. The molecular formula is C12H19ClN4O. The van der Waals surface area contributed by atoms with Gasteiger partial charge in [-0.3, -0.25) is 4.79 Å². The predicted molar refractivity (Wildman–Crippen MR) is 74.3 cm³/mol. The first kappa shape index (κ1) is 14.7. The van der Waals surface area contributed by atoms with E-state index in [9.17, 15) is 4.79 Å². The summed E-state index contributed by atoms with van der Waals surface area (Å²) in [7, 11) is 5.65. The molecule has 1 unspecified atom stereocenters. The Morgan fingerprint density at radius 3 is 2.72 bits per heavy atom. The highest BCUT2D eigenvalue weighted by atomic mass is 35.5. The van der Waals surface area contributed by atoms with Gasteiger partial charge in [-0.05, 0) is 27.1 Å². The molecule has 0 bridgehead atoms. The van der Waals surface area contributed by atoms with E-state index in [1.807, 2.05) is 25.9 Å². The molecule has 0 aromatic carbocycles. The standard InChI is InChI=1S/C12H19ClN4O/c1-8(7-17(3)4)16-12(18)9-5-10(13)11(14-2)15-6-9/h5-6,8H,7H2,1-4H3,(H,14,15)(H,16,18). The van der Waals surface area contributed by atoms with E-state index in [1.54, 1.807) is 13.1 Å². The molecule has 0 saturated heterocycles. The summed E-state index contributed by atoms with van der Waals surface area (Å²) in [5, 5.41) is 6.17. The molecule has 5 nitrogen and oxygen atoms in total. The minimum atomic E-state index is -0.165. The molecule has 1 atom stereocenters. The number of hydrogen-bond donors (Lipinski definition) is 2. The van der Waals surface area contributed by atoms with Gasteiger partial charge < -0.3 is 15.5 Å². The summed E-state index contributed by atoms with van der Waals surface area (Å²) in [6.07, 6.45) is 1.51. The number of amides is 1. The first-order chi connectivity index (χ1) is 8.43. The van der Waals surface area contributed by atoms with Gasteiger partial charge in [0.2, 0.25) is 0 Å².